The highest BCUT2D eigenvalue weighted by molar-refractivity contribution is 6.10. The topological polar surface area (TPSA) is 112 Å². The molecular weight excluding hydrogens is 443 g/mol. The maximum atomic E-state index is 14.1. The Kier molecular flexibility index (Phi) is 6.05. The van der Waals surface area contributed by atoms with E-state index in [-0.39, 0.29) is 24.9 Å². The summed E-state index contributed by atoms with van der Waals surface area (Å²) >= 11 is 0. The number of aliphatic hydroxyl groups excluding tert-OH is 1. The predicted molar refractivity (Wildman–Crippen MR) is 124 cm³/mol. The van der Waals surface area contributed by atoms with E-state index in [2.05, 4.69) is 20.3 Å². The van der Waals surface area contributed by atoms with E-state index in [9.17, 15) is 19.1 Å². The maximum absolute atomic E-state index is 14.1. The lowest BCUT2D eigenvalue weighted by Gasteiger charge is -2.31. The Bertz CT molecular complexity index is 1140. The zero-order valence-corrected chi connectivity index (χ0v) is 18.9. The summed E-state index contributed by atoms with van der Waals surface area (Å²) in [5, 5.41) is 16.8. The van der Waals surface area contributed by atoms with Crippen LogP contribution in [0.1, 0.15) is 39.6 Å². The third-order valence-electron chi connectivity index (χ3n) is 6.36. The molecule has 0 unspecified atom stereocenters. The Hall–Kier alpha value is -3.31. The summed E-state index contributed by atoms with van der Waals surface area (Å²) in [6.07, 6.45) is 1.34. The molecule has 4 heterocycles. The van der Waals surface area contributed by atoms with Gasteiger partial charge in [0.25, 0.3) is 11.8 Å². The zero-order chi connectivity index (χ0) is 23.8. The third kappa shape index (κ3) is 4.16. The molecule has 180 valence electrons. The molecule has 0 radical (unpaired) electrons. The van der Waals surface area contributed by atoms with Gasteiger partial charge in [0.15, 0.2) is 5.82 Å². The first-order valence-corrected chi connectivity index (χ1v) is 11.4. The molecule has 5 rings (SSSR count). The molecule has 2 amide bonds. The Balaban J connectivity index is 1.46. The van der Waals surface area contributed by atoms with Crippen molar-refractivity contribution in [2.75, 3.05) is 43.1 Å². The predicted octanol–water partition coefficient (Wildman–Crippen LogP) is 1.75. The fourth-order valence-corrected chi connectivity index (χ4v) is 4.45. The molecule has 34 heavy (non-hydrogen) atoms. The molecule has 1 fully saturated rings. The van der Waals surface area contributed by atoms with Gasteiger partial charge in [-0.05, 0) is 24.6 Å². The number of halogens is 1. The molecule has 0 bridgehead atoms. The number of benzene rings is 1. The Morgan fingerprint density at radius 3 is 2.85 bits per heavy atom. The number of aromatic nitrogens is 2. The Morgan fingerprint density at radius 2 is 2.09 bits per heavy atom. The number of aliphatic imine (C=N–C) groups is 1. The van der Waals surface area contributed by atoms with Crippen LogP contribution in [-0.2, 0) is 17.8 Å². The van der Waals surface area contributed by atoms with E-state index in [1.165, 1.54) is 18.0 Å². The number of nitrogens with one attached hydrogen (secondary N) is 1. The number of nitrogens with zero attached hydrogens (tertiary/aromatic N) is 5. The minimum absolute atomic E-state index is 0.194. The lowest BCUT2D eigenvalue weighted by atomic mass is 10.1. The van der Waals surface area contributed by atoms with Crippen molar-refractivity contribution < 1.29 is 23.8 Å². The van der Waals surface area contributed by atoms with Crippen molar-refractivity contribution in [1.82, 2.24) is 14.7 Å². The van der Waals surface area contributed by atoms with E-state index in [1.54, 1.807) is 23.0 Å². The number of anilines is 2. The van der Waals surface area contributed by atoms with Crippen LogP contribution in [0, 0.1) is 0 Å². The highest BCUT2D eigenvalue weighted by atomic mass is 19.1. The van der Waals surface area contributed by atoms with Crippen molar-refractivity contribution in [2.24, 2.45) is 4.99 Å². The summed E-state index contributed by atoms with van der Waals surface area (Å²) in [5.41, 5.74) is 2.82. The van der Waals surface area contributed by atoms with E-state index in [0.717, 1.165) is 6.42 Å². The first-order chi connectivity index (χ1) is 16.4. The van der Waals surface area contributed by atoms with Crippen LogP contribution in [0.3, 0.4) is 0 Å². The quantitative estimate of drug-likeness (QED) is 0.665. The number of fused-ring (bicyclic) bond motifs is 2. The normalized spacial score (nSPS) is 19.1. The molecule has 1 saturated heterocycles. The van der Waals surface area contributed by atoms with Crippen LogP contribution in [-0.4, -0.2) is 82.9 Å². The van der Waals surface area contributed by atoms with Gasteiger partial charge in [0.1, 0.15) is 11.7 Å². The van der Waals surface area contributed by atoms with Crippen molar-refractivity contribution in [3.63, 3.8) is 0 Å². The zero-order valence-electron chi connectivity index (χ0n) is 18.9. The average Bonchev–Trinajstić information content (AvgIpc) is 3.40. The van der Waals surface area contributed by atoms with E-state index in [1.807, 2.05) is 0 Å². The summed E-state index contributed by atoms with van der Waals surface area (Å²) in [5.74, 6) is -0.106. The first kappa shape index (κ1) is 22.5. The van der Waals surface area contributed by atoms with Crippen molar-refractivity contribution in [3.05, 3.63) is 35.0 Å². The number of carbonyl (C=O) groups excluding carboxylic acids is 2. The minimum Gasteiger partial charge on any atom is -0.390 e. The fraction of sp³-hybridized carbons (Fsp3) is 0.478. The highest BCUT2D eigenvalue weighted by Crippen LogP contribution is 2.36. The van der Waals surface area contributed by atoms with Crippen LogP contribution >= 0.6 is 0 Å². The molecule has 11 heteroatoms. The number of aryl methyl sites for hydroxylation is 1. The molecule has 10 nitrogen and oxygen atoms in total. The van der Waals surface area contributed by atoms with Crippen LogP contribution in [0.15, 0.2) is 23.3 Å². The van der Waals surface area contributed by atoms with Crippen molar-refractivity contribution in [3.8, 4) is 0 Å². The summed E-state index contributed by atoms with van der Waals surface area (Å²) in [4.78, 5) is 34.0. The molecule has 0 saturated carbocycles. The number of carbonyl (C=O) groups is 2. The van der Waals surface area contributed by atoms with Crippen LogP contribution < -0.4 is 10.2 Å². The minimum atomic E-state index is -1.54. The molecule has 0 aliphatic carbocycles. The molecule has 2 atom stereocenters. The summed E-state index contributed by atoms with van der Waals surface area (Å²) in [6.45, 7) is 4.35. The highest BCUT2D eigenvalue weighted by Gasteiger charge is 2.33. The molecule has 0 spiro atoms. The standard InChI is InChI=1S/C23H27FN6O4/c1-14(31)18(24)13-29-12-15-9-19(20(10-16(15)23(29)33)28-5-7-34-8-6-28)27-22(32)17-11-26-30-4-2-3-25-21(17)30/h3,9-11,14,18,31H,2,4-8,12-13H2,1H3,(H,27,32)/t14-,18+/m1/s1. The lowest BCUT2D eigenvalue weighted by molar-refractivity contribution is 0.0515. The third-order valence-corrected chi connectivity index (χ3v) is 6.36. The number of hydrogen-bond donors (Lipinski definition) is 2. The van der Waals surface area contributed by atoms with Gasteiger partial charge in [-0.25, -0.2) is 14.1 Å². The largest absolute Gasteiger partial charge is 0.390 e. The second-order valence-electron chi connectivity index (χ2n) is 8.73. The monoisotopic (exact) mass is 470 g/mol. The number of hydrogen-bond acceptors (Lipinski definition) is 7. The van der Waals surface area contributed by atoms with E-state index in [4.69, 9.17) is 4.74 Å². The van der Waals surface area contributed by atoms with E-state index in [0.29, 0.717) is 66.7 Å². The van der Waals surface area contributed by atoms with Crippen molar-refractivity contribution in [1.29, 1.82) is 0 Å². The van der Waals surface area contributed by atoms with Gasteiger partial charge in [-0.2, -0.15) is 5.10 Å². The molecule has 2 aromatic rings. The molecule has 1 aromatic carbocycles. The van der Waals surface area contributed by atoms with Gasteiger partial charge in [-0.15, -0.1) is 0 Å². The maximum Gasteiger partial charge on any atom is 0.261 e. The first-order valence-electron chi connectivity index (χ1n) is 11.4. The number of alkyl halides is 1. The Morgan fingerprint density at radius 1 is 1.29 bits per heavy atom. The fourth-order valence-electron chi connectivity index (χ4n) is 4.45. The number of amides is 2. The number of rotatable bonds is 6. The molecule has 1 aromatic heterocycles. The molecule has 3 aliphatic heterocycles. The molecule has 2 N–H and O–H groups in total. The second kappa shape index (κ2) is 9.15. The van der Waals surface area contributed by atoms with Crippen LogP contribution in [0.2, 0.25) is 0 Å². The number of ether oxygens (including phenoxy) is 1. The smallest absolute Gasteiger partial charge is 0.261 e. The van der Waals surface area contributed by atoms with Gasteiger partial charge in [0.2, 0.25) is 0 Å². The van der Waals surface area contributed by atoms with Gasteiger partial charge in [-0.1, -0.05) is 0 Å². The van der Waals surface area contributed by atoms with Gasteiger partial charge in [0.05, 0.1) is 43.4 Å². The van der Waals surface area contributed by atoms with Crippen LogP contribution in [0.5, 0.6) is 0 Å². The average molecular weight is 471 g/mol. The SMILES string of the molecule is C[C@@H](O)[C@@H](F)CN1Cc2cc(NC(=O)c3cnn4c3N=CCC4)c(N3CCOCC3)cc2C1=O. The van der Waals surface area contributed by atoms with Gasteiger partial charge >= 0.3 is 0 Å². The molecule has 3 aliphatic rings. The van der Waals surface area contributed by atoms with Crippen molar-refractivity contribution in [2.45, 2.75) is 38.7 Å². The van der Waals surface area contributed by atoms with Gasteiger partial charge in [-0.3, -0.25) is 9.59 Å². The Labute approximate surface area is 196 Å². The van der Waals surface area contributed by atoms with Crippen LogP contribution in [0.25, 0.3) is 0 Å². The van der Waals surface area contributed by atoms with Crippen molar-refractivity contribution >= 4 is 35.2 Å². The number of aliphatic hydroxyl groups is 1. The van der Waals surface area contributed by atoms with E-state index < -0.39 is 12.3 Å². The van der Waals surface area contributed by atoms with Crippen LogP contribution in [0.4, 0.5) is 21.6 Å². The summed E-state index contributed by atoms with van der Waals surface area (Å²) in [7, 11) is 0. The lowest BCUT2D eigenvalue weighted by Crippen LogP contribution is -2.37. The second-order valence-corrected chi connectivity index (χ2v) is 8.73. The number of morpholine rings is 1. The summed E-state index contributed by atoms with van der Waals surface area (Å²) < 4.78 is 21.3. The van der Waals surface area contributed by atoms with E-state index >= 15 is 0 Å². The van der Waals surface area contributed by atoms with Gasteiger partial charge in [0, 0.05) is 44.4 Å². The summed E-state index contributed by atoms with van der Waals surface area (Å²) in [6, 6.07) is 3.55. The molecular formula is C23H27FN6O4. The van der Waals surface area contributed by atoms with Gasteiger partial charge < -0.3 is 25.0 Å².